The van der Waals surface area contributed by atoms with Gasteiger partial charge in [0.2, 0.25) is 0 Å². The molecule has 0 bridgehead atoms. The number of hydrogen-bond donors (Lipinski definition) is 2. The van der Waals surface area contributed by atoms with Crippen molar-refractivity contribution >= 4 is 33.4 Å². The second kappa shape index (κ2) is 5.46. The lowest BCUT2D eigenvalue weighted by atomic mass is 10.2. The van der Waals surface area contributed by atoms with Crippen molar-refractivity contribution < 1.29 is 4.79 Å². The van der Waals surface area contributed by atoms with Crippen molar-refractivity contribution in [3.8, 4) is 0 Å². The largest absolute Gasteiger partial charge is 0.347 e. The number of nitrogens with one attached hydrogen (secondary N) is 1. The van der Waals surface area contributed by atoms with Crippen molar-refractivity contribution in [2.24, 2.45) is 0 Å². The molecule has 2 aromatic rings. The van der Waals surface area contributed by atoms with Crippen LogP contribution in [-0.4, -0.2) is 10.6 Å². The van der Waals surface area contributed by atoms with E-state index in [1.807, 2.05) is 18.2 Å². The Morgan fingerprint density at radius 1 is 1.39 bits per heavy atom. The first-order valence-electron chi connectivity index (χ1n) is 5.23. The van der Waals surface area contributed by atoms with Gasteiger partial charge in [-0.2, -0.15) is 0 Å². The number of nitrogens with two attached hydrogens (primary N) is 1. The lowest BCUT2D eigenvalue weighted by molar-refractivity contribution is 0.0942. The number of aromatic nitrogens is 1. The van der Waals surface area contributed by atoms with Crippen LogP contribution in [0.3, 0.4) is 0 Å². The Morgan fingerprint density at radius 2 is 2.11 bits per heavy atom. The van der Waals surface area contributed by atoms with E-state index in [0.29, 0.717) is 21.7 Å². The van der Waals surface area contributed by atoms with Crippen molar-refractivity contribution in [3.05, 3.63) is 57.3 Å². The Kier molecular flexibility index (Phi) is 3.93. The molecule has 1 aromatic carbocycles. The smallest absolute Gasteiger partial charge is 0.271 e. The van der Waals surface area contributed by atoms with Gasteiger partial charge in [0.15, 0.2) is 0 Å². The molecule has 0 atom stereocenters. The number of amides is 1. The third-order valence-corrected chi connectivity index (χ3v) is 3.49. The molecule has 1 amide bonds. The van der Waals surface area contributed by atoms with Crippen molar-refractivity contribution in [2.75, 3.05) is 5.84 Å². The molecule has 1 aromatic heterocycles. The summed E-state index contributed by atoms with van der Waals surface area (Å²) in [5.74, 6) is 5.39. The van der Waals surface area contributed by atoms with Crippen LogP contribution in [0.25, 0.3) is 0 Å². The van der Waals surface area contributed by atoms with Gasteiger partial charge in [0, 0.05) is 17.8 Å². The minimum absolute atomic E-state index is 0.255. The minimum Gasteiger partial charge on any atom is -0.347 e. The van der Waals surface area contributed by atoms with Gasteiger partial charge in [-0.3, -0.25) is 9.47 Å². The van der Waals surface area contributed by atoms with Gasteiger partial charge < -0.3 is 11.2 Å². The van der Waals surface area contributed by atoms with Crippen LogP contribution < -0.4 is 11.2 Å². The van der Waals surface area contributed by atoms with E-state index in [2.05, 4.69) is 21.2 Å². The standard InChI is InChI=1S/C12H11BrClN3O/c13-9-5-6-17(15)11(9)12(18)16-7-8-3-1-2-4-10(8)14/h1-6H,7,15H2,(H,16,18). The quantitative estimate of drug-likeness (QED) is 0.851. The summed E-state index contributed by atoms with van der Waals surface area (Å²) in [6.07, 6.45) is 1.61. The summed E-state index contributed by atoms with van der Waals surface area (Å²) in [7, 11) is 0. The van der Waals surface area contributed by atoms with Gasteiger partial charge in [-0.05, 0) is 33.6 Å². The second-order valence-corrected chi connectivity index (χ2v) is 4.96. The van der Waals surface area contributed by atoms with Crippen LogP contribution in [0.5, 0.6) is 0 Å². The van der Waals surface area contributed by atoms with Gasteiger partial charge in [0.1, 0.15) is 5.69 Å². The van der Waals surface area contributed by atoms with Crippen LogP contribution in [0.1, 0.15) is 16.1 Å². The molecule has 0 spiro atoms. The number of carbonyl (C=O) groups excluding carboxylic acids is 1. The van der Waals surface area contributed by atoms with Gasteiger partial charge >= 0.3 is 0 Å². The fraction of sp³-hybridized carbons (Fsp3) is 0.0833. The van der Waals surface area contributed by atoms with E-state index in [0.717, 1.165) is 5.56 Å². The molecule has 0 fully saturated rings. The second-order valence-electron chi connectivity index (χ2n) is 3.69. The molecule has 2 rings (SSSR count). The molecule has 0 saturated carbocycles. The Balaban J connectivity index is 2.08. The van der Waals surface area contributed by atoms with Crippen molar-refractivity contribution in [1.82, 2.24) is 9.99 Å². The summed E-state index contributed by atoms with van der Waals surface area (Å²) in [6, 6.07) is 9.07. The zero-order valence-corrected chi connectivity index (χ0v) is 11.7. The molecular formula is C12H11BrClN3O. The molecule has 0 radical (unpaired) electrons. The topological polar surface area (TPSA) is 60.0 Å². The lowest BCUT2D eigenvalue weighted by Crippen LogP contribution is -2.27. The van der Waals surface area contributed by atoms with E-state index in [1.54, 1.807) is 18.3 Å². The van der Waals surface area contributed by atoms with Gasteiger partial charge in [-0.1, -0.05) is 29.8 Å². The molecule has 18 heavy (non-hydrogen) atoms. The highest BCUT2D eigenvalue weighted by Gasteiger charge is 2.14. The number of nitrogens with zero attached hydrogens (tertiary/aromatic N) is 1. The maximum absolute atomic E-state index is 11.9. The maximum atomic E-state index is 11.9. The Morgan fingerprint density at radius 3 is 2.72 bits per heavy atom. The first-order chi connectivity index (χ1) is 8.59. The van der Waals surface area contributed by atoms with Gasteiger partial charge in [-0.25, -0.2) is 0 Å². The first-order valence-corrected chi connectivity index (χ1v) is 6.40. The van der Waals surface area contributed by atoms with Crippen LogP contribution in [0, 0.1) is 0 Å². The van der Waals surface area contributed by atoms with Crippen LogP contribution in [0.15, 0.2) is 41.0 Å². The predicted molar refractivity (Wildman–Crippen MR) is 74.9 cm³/mol. The van der Waals surface area contributed by atoms with Crippen LogP contribution in [0.2, 0.25) is 5.02 Å². The zero-order chi connectivity index (χ0) is 13.1. The molecule has 94 valence electrons. The first kappa shape index (κ1) is 13.0. The van der Waals surface area contributed by atoms with Crippen LogP contribution >= 0.6 is 27.5 Å². The van der Waals surface area contributed by atoms with Gasteiger partial charge in [0.25, 0.3) is 5.91 Å². The molecule has 0 saturated heterocycles. The van der Waals surface area contributed by atoms with E-state index >= 15 is 0 Å². The maximum Gasteiger partial charge on any atom is 0.271 e. The summed E-state index contributed by atoms with van der Waals surface area (Å²) >= 11 is 9.28. The summed E-state index contributed by atoms with van der Waals surface area (Å²) in [6.45, 7) is 0.357. The van der Waals surface area contributed by atoms with Crippen LogP contribution in [0.4, 0.5) is 0 Å². The van der Waals surface area contributed by atoms with Crippen molar-refractivity contribution in [3.63, 3.8) is 0 Å². The van der Waals surface area contributed by atoms with Crippen molar-refractivity contribution in [2.45, 2.75) is 6.54 Å². The third-order valence-electron chi connectivity index (χ3n) is 2.48. The molecule has 6 heteroatoms. The van der Waals surface area contributed by atoms with E-state index in [9.17, 15) is 4.79 Å². The minimum atomic E-state index is -0.255. The number of rotatable bonds is 3. The number of benzene rings is 1. The van der Waals surface area contributed by atoms with Gasteiger partial charge in [0.05, 0.1) is 4.47 Å². The fourth-order valence-electron chi connectivity index (χ4n) is 1.55. The Bertz CT molecular complexity index is 563. The number of hydrogen-bond acceptors (Lipinski definition) is 2. The molecule has 0 aliphatic rings. The normalized spacial score (nSPS) is 10.3. The number of halogens is 2. The van der Waals surface area contributed by atoms with E-state index in [1.165, 1.54) is 4.68 Å². The van der Waals surface area contributed by atoms with E-state index in [-0.39, 0.29) is 5.91 Å². The monoisotopic (exact) mass is 327 g/mol. The molecule has 1 heterocycles. The lowest BCUT2D eigenvalue weighted by Gasteiger charge is -2.08. The van der Waals surface area contributed by atoms with Crippen LogP contribution in [-0.2, 0) is 6.54 Å². The van der Waals surface area contributed by atoms with E-state index < -0.39 is 0 Å². The van der Waals surface area contributed by atoms with Gasteiger partial charge in [-0.15, -0.1) is 0 Å². The number of carbonyl (C=O) groups is 1. The average molecular weight is 329 g/mol. The average Bonchev–Trinajstić information content (AvgIpc) is 2.68. The summed E-state index contributed by atoms with van der Waals surface area (Å²) < 4.78 is 1.92. The SMILES string of the molecule is Nn1ccc(Br)c1C(=O)NCc1ccccc1Cl. The summed E-state index contributed by atoms with van der Waals surface area (Å²) in [4.78, 5) is 11.9. The zero-order valence-electron chi connectivity index (χ0n) is 9.36. The Hall–Kier alpha value is -1.46. The highest BCUT2D eigenvalue weighted by Crippen LogP contribution is 2.17. The van der Waals surface area contributed by atoms with E-state index in [4.69, 9.17) is 17.4 Å². The molecule has 0 aliphatic heterocycles. The predicted octanol–water partition coefficient (Wildman–Crippen LogP) is 2.55. The molecule has 4 nitrogen and oxygen atoms in total. The highest BCUT2D eigenvalue weighted by molar-refractivity contribution is 9.10. The molecule has 0 unspecified atom stereocenters. The third kappa shape index (κ3) is 2.68. The summed E-state index contributed by atoms with van der Waals surface area (Å²) in [5, 5.41) is 3.39. The Labute approximate surface area is 118 Å². The molecular weight excluding hydrogens is 318 g/mol. The van der Waals surface area contributed by atoms with Crippen molar-refractivity contribution in [1.29, 1.82) is 0 Å². The summed E-state index contributed by atoms with van der Waals surface area (Å²) in [5.41, 5.74) is 1.24. The molecule has 3 N–H and O–H groups in total. The molecule has 0 aliphatic carbocycles. The fourth-order valence-corrected chi connectivity index (χ4v) is 2.25. The number of nitrogen functional groups attached to an aromatic ring is 1. The highest BCUT2D eigenvalue weighted by atomic mass is 79.9.